The number of aliphatic hydroxyl groups is 1. The lowest BCUT2D eigenvalue weighted by Crippen LogP contribution is -2.30. The van der Waals surface area contributed by atoms with Crippen LogP contribution in [-0.4, -0.2) is 96.7 Å². The number of unbranched alkanes of at least 4 members (excludes halogenated alkanes) is 34. The van der Waals surface area contributed by atoms with Crippen LogP contribution in [0.15, 0.2) is 24.3 Å². The summed E-state index contributed by atoms with van der Waals surface area (Å²) in [5.41, 5.74) is 0. The fourth-order valence-electron chi connectivity index (χ4n) is 10.5. The summed E-state index contributed by atoms with van der Waals surface area (Å²) < 4.78 is 68.3. The summed E-state index contributed by atoms with van der Waals surface area (Å²) in [6, 6.07) is 0. The zero-order valence-corrected chi connectivity index (χ0v) is 61.3. The molecule has 542 valence electrons. The van der Waals surface area contributed by atoms with Crippen molar-refractivity contribution in [2.45, 2.75) is 362 Å². The Hall–Kier alpha value is -2.46. The molecule has 0 aliphatic rings. The largest absolute Gasteiger partial charge is 0.472 e. The van der Waals surface area contributed by atoms with Crippen molar-refractivity contribution in [1.82, 2.24) is 0 Å². The van der Waals surface area contributed by atoms with E-state index in [1.54, 1.807) is 0 Å². The quantitative estimate of drug-likeness (QED) is 0.0169. The number of hydrogen-bond donors (Lipinski definition) is 3. The second kappa shape index (κ2) is 63.3. The Morgan fingerprint density at radius 2 is 0.587 bits per heavy atom. The Balaban J connectivity index is 5.29. The summed E-state index contributed by atoms with van der Waals surface area (Å²) in [7, 11) is -9.92. The second-order valence-corrected chi connectivity index (χ2v) is 30.0. The molecular formula is C73H138O17P2. The van der Waals surface area contributed by atoms with E-state index in [2.05, 4.69) is 72.8 Å². The lowest BCUT2D eigenvalue weighted by molar-refractivity contribution is -0.161. The molecule has 3 unspecified atom stereocenters. The number of rotatable bonds is 69. The summed E-state index contributed by atoms with van der Waals surface area (Å²) in [5.74, 6) is 0.0630. The van der Waals surface area contributed by atoms with Gasteiger partial charge in [-0.3, -0.25) is 37.3 Å². The van der Waals surface area contributed by atoms with Gasteiger partial charge < -0.3 is 33.8 Å². The minimum absolute atomic E-state index is 0.0991. The Kier molecular flexibility index (Phi) is 61.6. The highest BCUT2D eigenvalue weighted by Crippen LogP contribution is 2.45. The molecule has 0 aliphatic heterocycles. The molecule has 19 heteroatoms. The molecule has 0 saturated heterocycles. The molecular weight excluding hydrogens is 1210 g/mol. The maximum Gasteiger partial charge on any atom is 0.472 e. The van der Waals surface area contributed by atoms with Gasteiger partial charge in [-0.05, 0) is 69.1 Å². The van der Waals surface area contributed by atoms with Gasteiger partial charge in [0.1, 0.15) is 19.3 Å². The number of ether oxygens (including phenoxy) is 4. The van der Waals surface area contributed by atoms with E-state index in [1.165, 1.54) is 128 Å². The van der Waals surface area contributed by atoms with Crippen LogP contribution in [0.25, 0.3) is 0 Å². The first-order chi connectivity index (χ1) is 44.2. The van der Waals surface area contributed by atoms with Crippen molar-refractivity contribution in [2.75, 3.05) is 39.6 Å². The van der Waals surface area contributed by atoms with Gasteiger partial charge in [-0.1, -0.05) is 291 Å². The van der Waals surface area contributed by atoms with E-state index in [-0.39, 0.29) is 25.7 Å². The predicted molar refractivity (Wildman–Crippen MR) is 372 cm³/mol. The van der Waals surface area contributed by atoms with Crippen LogP contribution in [0.1, 0.15) is 344 Å². The Morgan fingerprint density at radius 3 is 0.880 bits per heavy atom. The van der Waals surface area contributed by atoms with Crippen molar-refractivity contribution >= 4 is 39.5 Å². The minimum atomic E-state index is -4.96. The second-order valence-electron chi connectivity index (χ2n) is 27.1. The molecule has 0 aromatic heterocycles. The van der Waals surface area contributed by atoms with E-state index in [0.29, 0.717) is 31.6 Å². The van der Waals surface area contributed by atoms with Crippen LogP contribution in [0.3, 0.4) is 0 Å². The van der Waals surface area contributed by atoms with Crippen LogP contribution in [0, 0.1) is 17.8 Å². The number of hydrogen-bond acceptors (Lipinski definition) is 15. The topological polar surface area (TPSA) is 237 Å². The third kappa shape index (κ3) is 66.2. The highest BCUT2D eigenvalue weighted by atomic mass is 31.2. The third-order valence-corrected chi connectivity index (χ3v) is 18.2. The van der Waals surface area contributed by atoms with Crippen LogP contribution in [0.4, 0.5) is 0 Å². The van der Waals surface area contributed by atoms with Gasteiger partial charge in [-0.2, -0.15) is 0 Å². The summed E-state index contributed by atoms with van der Waals surface area (Å²) in [5, 5.41) is 10.6. The first-order valence-electron chi connectivity index (χ1n) is 37.2. The first kappa shape index (κ1) is 89.5. The summed E-state index contributed by atoms with van der Waals surface area (Å²) in [6.07, 6.45) is 50.8. The first-order valence-corrected chi connectivity index (χ1v) is 40.2. The van der Waals surface area contributed by atoms with E-state index in [4.69, 9.17) is 37.0 Å². The Labute approximate surface area is 561 Å². The molecule has 0 spiro atoms. The lowest BCUT2D eigenvalue weighted by Gasteiger charge is -2.21. The average Bonchev–Trinajstić information content (AvgIpc) is 2.02. The molecule has 0 saturated carbocycles. The van der Waals surface area contributed by atoms with Crippen LogP contribution in [0.2, 0.25) is 0 Å². The van der Waals surface area contributed by atoms with E-state index < -0.39 is 97.5 Å². The molecule has 0 heterocycles. The summed E-state index contributed by atoms with van der Waals surface area (Å²) >= 11 is 0. The van der Waals surface area contributed by atoms with Gasteiger partial charge in [0.25, 0.3) is 0 Å². The molecule has 17 nitrogen and oxygen atoms in total. The number of carbonyl (C=O) groups excluding carboxylic acids is 4. The number of aliphatic hydroxyl groups excluding tert-OH is 1. The summed E-state index contributed by atoms with van der Waals surface area (Å²) in [6.45, 7) is 11.7. The molecule has 0 aromatic carbocycles. The monoisotopic (exact) mass is 1350 g/mol. The molecule has 0 aromatic rings. The SMILES string of the molecule is CCCCCC/C=C\C=C/CCCCCCCC(=O)OC[C@H](COP(=O)(O)OCC(O)COP(=O)(O)OC[C@@H](COC(=O)CCCCCCCCCC(C)C)OC(=O)CCCCCCCCCCCCC(C)C)OC(=O)CCCCCCCCCCCCCC(C)C. The molecule has 92 heavy (non-hydrogen) atoms. The molecule has 0 aliphatic carbocycles. The van der Waals surface area contributed by atoms with Gasteiger partial charge in [0.2, 0.25) is 0 Å². The fourth-order valence-corrected chi connectivity index (χ4v) is 12.1. The minimum Gasteiger partial charge on any atom is -0.462 e. The average molecular weight is 1350 g/mol. The van der Waals surface area contributed by atoms with Gasteiger partial charge in [0.15, 0.2) is 12.2 Å². The number of carbonyl (C=O) groups is 4. The molecule has 0 bridgehead atoms. The van der Waals surface area contributed by atoms with Gasteiger partial charge in [0, 0.05) is 25.7 Å². The van der Waals surface area contributed by atoms with Crippen molar-refractivity contribution in [1.29, 1.82) is 0 Å². The predicted octanol–water partition coefficient (Wildman–Crippen LogP) is 20.6. The highest BCUT2D eigenvalue weighted by Gasteiger charge is 2.30. The Bertz CT molecular complexity index is 1890. The van der Waals surface area contributed by atoms with E-state index in [0.717, 1.165) is 127 Å². The van der Waals surface area contributed by atoms with Crippen LogP contribution in [0.5, 0.6) is 0 Å². The zero-order chi connectivity index (χ0) is 68.0. The highest BCUT2D eigenvalue weighted by molar-refractivity contribution is 7.47. The molecule has 0 radical (unpaired) electrons. The van der Waals surface area contributed by atoms with Crippen molar-refractivity contribution in [3.05, 3.63) is 24.3 Å². The molecule has 5 atom stereocenters. The zero-order valence-electron chi connectivity index (χ0n) is 59.5. The van der Waals surface area contributed by atoms with Crippen LogP contribution in [-0.2, 0) is 65.4 Å². The van der Waals surface area contributed by atoms with Crippen molar-refractivity contribution < 1.29 is 80.2 Å². The molecule has 0 amide bonds. The molecule has 3 N–H and O–H groups in total. The number of allylic oxidation sites excluding steroid dienone is 4. The standard InChI is InChI=1S/C73H138O17P2/c1-8-9-10-11-12-13-14-15-16-17-20-26-33-40-47-54-70(75)83-60-68(89-72(77)56-49-42-34-27-21-18-19-24-30-37-44-51-64(2)3)62-87-91(79,80)85-58-67(74)59-86-92(81,82)88-63-69(61-84-71(76)55-48-41-36-29-32-39-46-53-66(6)7)90-73(78)57-50-43-35-28-23-22-25-31-38-45-52-65(4)5/h13-16,64-69,74H,8-12,17-63H2,1-7H3,(H,79,80)(H,81,82)/b14-13-,16-15-/t67?,68-,69-/m1/s1. The molecule has 0 fully saturated rings. The maximum absolute atomic E-state index is 13.0. The number of esters is 4. The lowest BCUT2D eigenvalue weighted by atomic mass is 10.0. The fraction of sp³-hybridized carbons (Fsp3) is 0.890. The van der Waals surface area contributed by atoms with Crippen molar-refractivity contribution in [2.24, 2.45) is 17.8 Å². The van der Waals surface area contributed by atoms with E-state index in [1.807, 2.05) is 0 Å². The van der Waals surface area contributed by atoms with Gasteiger partial charge in [-0.25, -0.2) is 9.13 Å². The van der Waals surface area contributed by atoms with Crippen molar-refractivity contribution in [3.8, 4) is 0 Å². The molecule has 0 rings (SSSR count). The smallest absolute Gasteiger partial charge is 0.462 e. The normalized spacial score (nSPS) is 14.3. The Morgan fingerprint density at radius 1 is 0.337 bits per heavy atom. The number of phosphoric acid groups is 2. The van der Waals surface area contributed by atoms with Gasteiger partial charge in [0.05, 0.1) is 26.4 Å². The van der Waals surface area contributed by atoms with Gasteiger partial charge >= 0.3 is 39.5 Å². The third-order valence-electron chi connectivity index (χ3n) is 16.3. The van der Waals surface area contributed by atoms with Crippen LogP contribution < -0.4 is 0 Å². The van der Waals surface area contributed by atoms with E-state index >= 15 is 0 Å². The number of phosphoric ester groups is 2. The summed E-state index contributed by atoms with van der Waals surface area (Å²) in [4.78, 5) is 72.6. The van der Waals surface area contributed by atoms with E-state index in [9.17, 15) is 43.2 Å². The van der Waals surface area contributed by atoms with Crippen molar-refractivity contribution in [3.63, 3.8) is 0 Å². The van der Waals surface area contributed by atoms with Crippen LogP contribution >= 0.6 is 15.6 Å². The maximum atomic E-state index is 13.0. The van der Waals surface area contributed by atoms with Gasteiger partial charge in [-0.15, -0.1) is 0 Å².